The lowest BCUT2D eigenvalue weighted by molar-refractivity contribution is 0.0964. The number of likely N-dealkylation sites (tertiary alicyclic amines) is 1. The third-order valence-electron chi connectivity index (χ3n) is 14.0. The number of benzene rings is 3. The van der Waals surface area contributed by atoms with Crippen molar-refractivity contribution in [2.24, 2.45) is 9.98 Å². The topological polar surface area (TPSA) is 140 Å². The number of fused-ring (bicyclic) bond motifs is 2. The van der Waals surface area contributed by atoms with Crippen LogP contribution in [0.4, 0.5) is 5.69 Å². The summed E-state index contributed by atoms with van der Waals surface area (Å²) in [5, 5.41) is 9.61. The van der Waals surface area contributed by atoms with E-state index in [9.17, 15) is 4.79 Å². The minimum atomic E-state index is -0.133. The van der Waals surface area contributed by atoms with Gasteiger partial charge in [0.1, 0.15) is 22.9 Å². The lowest BCUT2D eigenvalue weighted by atomic mass is 10.0. The lowest BCUT2D eigenvalue weighted by Gasteiger charge is -2.33. The number of carbonyl (C=O) groups is 1. The second kappa shape index (κ2) is 20.1. The van der Waals surface area contributed by atoms with Gasteiger partial charge in [-0.25, -0.2) is 9.98 Å². The normalized spacial score (nSPS) is 17.1. The van der Waals surface area contributed by atoms with E-state index in [0.29, 0.717) is 40.5 Å². The number of nitrogens with one attached hydrogen (secondary N) is 5. The van der Waals surface area contributed by atoms with Crippen LogP contribution in [0.25, 0.3) is 34.0 Å². The number of nitrogens with zero attached hydrogens (tertiary/aromatic N) is 4. The van der Waals surface area contributed by atoms with E-state index in [1.54, 1.807) is 18.8 Å². The molecule has 0 saturated carbocycles. The number of ether oxygens (including phenoxy) is 2. The fourth-order valence-corrected chi connectivity index (χ4v) is 10.5. The Labute approximate surface area is 416 Å². The number of hydrogen-bond donors (Lipinski definition) is 5. The maximum Gasteiger partial charge on any atom is 0.262 e. The molecule has 3 aromatic carbocycles. The van der Waals surface area contributed by atoms with Crippen LogP contribution in [0.15, 0.2) is 136 Å². The van der Waals surface area contributed by atoms with Gasteiger partial charge in [-0.1, -0.05) is 50.2 Å². The first kappa shape index (κ1) is 47.3. The summed E-state index contributed by atoms with van der Waals surface area (Å²) in [5.41, 5.74) is 16.0. The largest absolute Gasteiger partial charge is 0.494 e. The van der Waals surface area contributed by atoms with Crippen molar-refractivity contribution in [3.05, 3.63) is 182 Å². The molecule has 1 fully saturated rings. The monoisotopic (exact) mass is 948 g/mol. The molecule has 12 nitrogen and oxygen atoms in total. The molecule has 1 saturated heterocycles. The molecule has 12 heteroatoms. The molecule has 1 unspecified atom stereocenters. The number of para-hydroxylation sites is 2. The maximum atomic E-state index is 14.5. The fourth-order valence-electron chi connectivity index (χ4n) is 10.5. The Morgan fingerprint density at radius 1 is 0.789 bits per heavy atom. The molecule has 0 bridgehead atoms. The number of methoxy groups -OCH3 is 2. The van der Waals surface area contributed by atoms with Gasteiger partial charge in [0.05, 0.1) is 42.5 Å². The van der Waals surface area contributed by atoms with Crippen LogP contribution in [0.2, 0.25) is 0 Å². The van der Waals surface area contributed by atoms with Crippen LogP contribution in [-0.4, -0.2) is 87.2 Å². The van der Waals surface area contributed by atoms with Gasteiger partial charge in [-0.2, -0.15) is 0 Å². The van der Waals surface area contributed by atoms with Crippen molar-refractivity contribution in [1.29, 1.82) is 0 Å². The Morgan fingerprint density at radius 2 is 1.45 bits per heavy atom. The van der Waals surface area contributed by atoms with Crippen LogP contribution >= 0.6 is 0 Å². The maximum absolute atomic E-state index is 14.5. The summed E-state index contributed by atoms with van der Waals surface area (Å²) in [6.07, 6.45) is 12.1. The molecule has 4 aromatic heterocycles. The Hall–Kier alpha value is -7.41. The minimum Gasteiger partial charge on any atom is -0.494 e. The first-order chi connectivity index (χ1) is 34.4. The molecule has 0 radical (unpaired) electrons. The van der Waals surface area contributed by atoms with E-state index in [2.05, 4.69) is 114 Å². The summed E-state index contributed by atoms with van der Waals surface area (Å²) >= 11 is 0. The van der Waals surface area contributed by atoms with Gasteiger partial charge < -0.3 is 35.1 Å². The summed E-state index contributed by atoms with van der Waals surface area (Å²) in [6, 6.07) is 31.9. The summed E-state index contributed by atoms with van der Waals surface area (Å²) in [7, 11) is 3.37. The highest BCUT2D eigenvalue weighted by Gasteiger charge is 2.27. The van der Waals surface area contributed by atoms with Crippen LogP contribution in [0.5, 0.6) is 0 Å². The van der Waals surface area contributed by atoms with Crippen LogP contribution in [0.1, 0.15) is 101 Å². The number of aryl methyl sites for hydroxylation is 4. The van der Waals surface area contributed by atoms with E-state index >= 15 is 0 Å². The van der Waals surface area contributed by atoms with Gasteiger partial charge in [0.15, 0.2) is 0 Å². The van der Waals surface area contributed by atoms with Crippen molar-refractivity contribution < 1.29 is 14.3 Å². The van der Waals surface area contributed by atoms with E-state index in [0.717, 1.165) is 119 Å². The number of aromatic nitrogens is 4. The molecule has 7 heterocycles. The van der Waals surface area contributed by atoms with Gasteiger partial charge in [0.2, 0.25) is 0 Å². The van der Waals surface area contributed by atoms with Gasteiger partial charge in [-0.05, 0) is 144 Å². The van der Waals surface area contributed by atoms with Crippen LogP contribution in [0.3, 0.4) is 0 Å². The van der Waals surface area contributed by atoms with Crippen molar-refractivity contribution in [3.8, 4) is 0 Å². The SMILES string of the molecule is COC1=CC(c2[nH]c3ccccc3c2CN2CCC(NC(C)C)CC2)=N/C1=C\c1[nH]c(C)cc1CCC(C)Nc1ccc(C(=O)n2c(C3=N/C(=C\c4[nH]c(C)cc4C)C(OC)=C3)cc3ccccc32)cc1. The molecular weight excluding hydrogens is 883 g/mol. The van der Waals surface area contributed by atoms with Crippen LogP contribution in [0, 0.1) is 20.8 Å². The van der Waals surface area contributed by atoms with E-state index < -0.39 is 0 Å². The number of piperidine rings is 1. The van der Waals surface area contributed by atoms with Crippen molar-refractivity contribution in [1.82, 2.24) is 29.7 Å². The van der Waals surface area contributed by atoms with Gasteiger partial charge in [-0.3, -0.25) is 14.3 Å². The van der Waals surface area contributed by atoms with Gasteiger partial charge in [-0.15, -0.1) is 0 Å². The molecular formula is C59H65N9O3. The van der Waals surface area contributed by atoms with Crippen molar-refractivity contribution in [2.75, 3.05) is 32.6 Å². The van der Waals surface area contributed by atoms with E-state index in [1.807, 2.05) is 73.7 Å². The number of aromatic amines is 3. The molecule has 71 heavy (non-hydrogen) atoms. The first-order valence-electron chi connectivity index (χ1n) is 25.0. The predicted octanol–water partition coefficient (Wildman–Crippen LogP) is 11.5. The molecule has 0 aliphatic carbocycles. The number of aliphatic imine (C=N–C) groups is 2. The first-order valence-corrected chi connectivity index (χ1v) is 25.0. The third kappa shape index (κ3) is 10.00. The van der Waals surface area contributed by atoms with Gasteiger partial charge >= 0.3 is 0 Å². The average molecular weight is 948 g/mol. The fraction of sp³-hybridized carbons (Fsp3) is 0.305. The highest BCUT2D eigenvalue weighted by atomic mass is 16.5. The molecule has 5 N–H and O–H groups in total. The van der Waals surface area contributed by atoms with Crippen molar-refractivity contribution in [3.63, 3.8) is 0 Å². The Kier molecular flexibility index (Phi) is 13.4. The number of H-pyrrole nitrogens is 3. The van der Waals surface area contributed by atoms with Crippen molar-refractivity contribution in [2.45, 2.75) is 91.9 Å². The average Bonchev–Trinajstić information content (AvgIpc) is 4.23. The summed E-state index contributed by atoms with van der Waals surface area (Å²) < 4.78 is 13.5. The Balaban J connectivity index is 0.827. The zero-order chi connectivity index (χ0) is 49.3. The Morgan fingerprint density at radius 3 is 2.17 bits per heavy atom. The number of anilines is 1. The molecule has 364 valence electrons. The highest BCUT2D eigenvalue weighted by Crippen LogP contribution is 2.33. The predicted molar refractivity (Wildman–Crippen MR) is 289 cm³/mol. The van der Waals surface area contributed by atoms with Gasteiger partial charge in [0.25, 0.3) is 5.91 Å². The molecule has 7 aromatic rings. The van der Waals surface area contributed by atoms with Gasteiger partial charge in [0, 0.05) is 92.7 Å². The second-order valence-corrected chi connectivity index (χ2v) is 19.7. The number of rotatable bonds is 16. The number of carbonyl (C=O) groups excluding carboxylic acids is 1. The zero-order valence-corrected chi connectivity index (χ0v) is 42.2. The van der Waals surface area contributed by atoms with Crippen molar-refractivity contribution >= 4 is 57.0 Å². The van der Waals surface area contributed by atoms with Crippen LogP contribution in [-0.2, 0) is 22.4 Å². The minimum absolute atomic E-state index is 0.133. The quantitative estimate of drug-likeness (QED) is 0.0654. The molecule has 10 rings (SSSR count). The smallest absolute Gasteiger partial charge is 0.262 e. The van der Waals surface area contributed by atoms with E-state index in [4.69, 9.17) is 19.5 Å². The number of allylic oxidation sites excluding steroid dienone is 2. The Bertz CT molecular complexity index is 3320. The van der Waals surface area contributed by atoms with E-state index in [1.165, 1.54) is 16.5 Å². The molecule has 0 amide bonds. The lowest BCUT2D eigenvalue weighted by Crippen LogP contribution is -2.44. The standard InChI is InChI=1S/C59H65N9O3/c1-35(2)60-44-23-25-67(26-24-44)34-46-45-14-10-11-15-47(45)66-58(46)53-33-57(71-8)52(65-53)31-49-41(28-39(6)63-49)18-17-37(4)61-43-21-19-40(20-22-43)59(69)68-54-16-12-9-13-42(54)29-55(68)50-32-56(70-7)51(64-50)30-48-36(3)27-38(5)62-48/h9-16,19-22,27-33,35,37,44,60-63,66H,17-18,23-26,34H2,1-8H3/b51-30-,52-31-. The molecule has 3 aliphatic rings. The second-order valence-electron chi connectivity index (χ2n) is 19.7. The summed E-state index contributed by atoms with van der Waals surface area (Å²) in [6.45, 7) is 15.8. The third-order valence-corrected chi connectivity index (χ3v) is 14.0. The zero-order valence-electron chi connectivity index (χ0n) is 42.2. The van der Waals surface area contributed by atoms with E-state index in [-0.39, 0.29) is 11.9 Å². The number of hydrogen-bond acceptors (Lipinski definition) is 8. The molecule has 3 aliphatic heterocycles. The molecule has 1 atom stereocenters. The summed E-state index contributed by atoms with van der Waals surface area (Å²) in [5.74, 6) is 1.25. The van der Waals surface area contributed by atoms with Crippen LogP contribution < -0.4 is 10.6 Å². The molecule has 0 spiro atoms. The highest BCUT2D eigenvalue weighted by molar-refractivity contribution is 6.17. The summed E-state index contributed by atoms with van der Waals surface area (Å²) in [4.78, 5) is 38.0.